The lowest BCUT2D eigenvalue weighted by Gasteiger charge is -2.38. The lowest BCUT2D eigenvalue weighted by molar-refractivity contribution is -0.134. The van der Waals surface area contributed by atoms with E-state index in [0.717, 1.165) is 12.1 Å². The van der Waals surface area contributed by atoms with Gasteiger partial charge in [-0.15, -0.1) is 5.10 Å². The summed E-state index contributed by atoms with van der Waals surface area (Å²) >= 11 is 0. The number of amides is 2. The number of hydroxylamine groups is 2. The van der Waals surface area contributed by atoms with Crippen LogP contribution in [0.3, 0.4) is 0 Å². The Hall–Kier alpha value is -2.00. The molecule has 172 valence electrons. The van der Waals surface area contributed by atoms with E-state index in [1.165, 1.54) is 6.92 Å². The third-order valence-electron chi connectivity index (χ3n) is 5.33. The molecule has 0 saturated heterocycles. The molecule has 9 heteroatoms. The van der Waals surface area contributed by atoms with Crippen LogP contribution in [0, 0.1) is 11.1 Å². The minimum Gasteiger partial charge on any atom is -0.756 e. The van der Waals surface area contributed by atoms with E-state index in [0.29, 0.717) is 37.6 Å². The SMILES string of the molecule is CCC(C)N([O-])C(=O)C(C)CC(C)(C)c1cn(CCOC(C)CCNC(C)=O)nn1. The van der Waals surface area contributed by atoms with Crippen LogP contribution in [0.2, 0.25) is 0 Å². The second kappa shape index (κ2) is 12.0. The molecule has 1 aromatic heterocycles. The van der Waals surface area contributed by atoms with E-state index >= 15 is 0 Å². The van der Waals surface area contributed by atoms with Gasteiger partial charge in [0.1, 0.15) is 0 Å². The molecule has 0 bridgehead atoms. The molecule has 1 heterocycles. The van der Waals surface area contributed by atoms with E-state index in [4.69, 9.17) is 4.74 Å². The number of aromatic nitrogens is 3. The second-order valence-corrected chi connectivity index (χ2v) is 8.73. The summed E-state index contributed by atoms with van der Waals surface area (Å²) in [7, 11) is 0. The summed E-state index contributed by atoms with van der Waals surface area (Å²) in [4.78, 5) is 23.3. The second-order valence-electron chi connectivity index (χ2n) is 8.73. The fourth-order valence-electron chi connectivity index (χ4n) is 3.16. The number of nitrogens with one attached hydrogen (secondary N) is 1. The van der Waals surface area contributed by atoms with Crippen LogP contribution in [0.4, 0.5) is 0 Å². The highest BCUT2D eigenvalue weighted by atomic mass is 16.5. The van der Waals surface area contributed by atoms with Crippen molar-refractivity contribution in [2.45, 2.75) is 91.8 Å². The average Bonchev–Trinajstić information content (AvgIpc) is 3.15. The third kappa shape index (κ3) is 8.39. The fraction of sp³-hybridized carbons (Fsp3) is 0.810. The van der Waals surface area contributed by atoms with Crippen LogP contribution in [-0.2, 0) is 26.3 Å². The van der Waals surface area contributed by atoms with Crippen LogP contribution in [0.5, 0.6) is 0 Å². The van der Waals surface area contributed by atoms with Gasteiger partial charge < -0.3 is 20.3 Å². The molecule has 3 atom stereocenters. The van der Waals surface area contributed by atoms with Gasteiger partial charge in [0.15, 0.2) is 0 Å². The first kappa shape index (κ1) is 26.0. The Bertz CT molecular complexity index is 676. The summed E-state index contributed by atoms with van der Waals surface area (Å²) in [5, 5.41) is 23.9. The van der Waals surface area contributed by atoms with Gasteiger partial charge >= 0.3 is 0 Å². The molecule has 3 unspecified atom stereocenters. The number of ether oxygens (including phenoxy) is 1. The lowest BCUT2D eigenvalue weighted by Crippen LogP contribution is -2.38. The van der Waals surface area contributed by atoms with Gasteiger partial charge in [0.05, 0.1) is 24.9 Å². The summed E-state index contributed by atoms with van der Waals surface area (Å²) in [6.07, 6.45) is 3.79. The summed E-state index contributed by atoms with van der Waals surface area (Å²) in [5.41, 5.74) is 0.387. The molecular weight excluding hydrogens is 386 g/mol. The molecule has 2 amide bonds. The first-order valence-electron chi connectivity index (χ1n) is 10.7. The molecule has 9 nitrogen and oxygen atoms in total. The molecule has 0 aliphatic carbocycles. The van der Waals surface area contributed by atoms with Crippen molar-refractivity contribution in [1.29, 1.82) is 0 Å². The molecule has 0 aromatic carbocycles. The highest BCUT2D eigenvalue weighted by molar-refractivity contribution is 5.79. The molecule has 0 spiro atoms. The Balaban J connectivity index is 2.53. The monoisotopic (exact) mass is 424 g/mol. The predicted molar refractivity (Wildman–Crippen MR) is 116 cm³/mol. The summed E-state index contributed by atoms with van der Waals surface area (Å²) in [5.74, 6) is -0.824. The minimum atomic E-state index is -0.399. The smallest absolute Gasteiger partial charge is 0.216 e. The van der Waals surface area contributed by atoms with E-state index in [1.807, 2.05) is 33.9 Å². The van der Waals surface area contributed by atoms with Crippen molar-refractivity contribution in [3.8, 4) is 0 Å². The lowest BCUT2D eigenvalue weighted by atomic mass is 9.80. The van der Waals surface area contributed by atoms with Gasteiger partial charge in [-0.3, -0.25) is 9.59 Å². The summed E-state index contributed by atoms with van der Waals surface area (Å²) in [6, 6.07) is -0.315. The van der Waals surface area contributed by atoms with E-state index < -0.39 is 11.3 Å². The Kier molecular flexibility index (Phi) is 10.4. The van der Waals surface area contributed by atoms with Gasteiger partial charge in [-0.05, 0) is 33.1 Å². The van der Waals surface area contributed by atoms with Crippen molar-refractivity contribution in [3.63, 3.8) is 0 Å². The maximum atomic E-state index is 12.4. The van der Waals surface area contributed by atoms with Gasteiger partial charge in [0.25, 0.3) is 0 Å². The molecule has 0 fully saturated rings. The molecule has 1 aromatic rings. The van der Waals surface area contributed by atoms with Crippen LogP contribution in [0.1, 0.15) is 73.4 Å². The molecule has 0 saturated carbocycles. The van der Waals surface area contributed by atoms with Crippen molar-refractivity contribution < 1.29 is 14.3 Å². The van der Waals surface area contributed by atoms with Crippen molar-refractivity contribution >= 4 is 11.8 Å². The maximum Gasteiger partial charge on any atom is 0.216 e. The van der Waals surface area contributed by atoms with Crippen molar-refractivity contribution in [3.05, 3.63) is 17.1 Å². The first-order valence-corrected chi connectivity index (χ1v) is 10.7. The van der Waals surface area contributed by atoms with Crippen LogP contribution < -0.4 is 5.32 Å². The van der Waals surface area contributed by atoms with Crippen LogP contribution in [0.15, 0.2) is 6.20 Å². The zero-order valence-corrected chi connectivity index (χ0v) is 19.5. The van der Waals surface area contributed by atoms with Crippen molar-refractivity contribution in [2.24, 2.45) is 5.92 Å². The zero-order valence-electron chi connectivity index (χ0n) is 19.5. The number of carbonyl (C=O) groups is 2. The Morgan fingerprint density at radius 1 is 1.33 bits per heavy atom. The normalized spacial score (nSPS) is 14.8. The first-order chi connectivity index (χ1) is 14.0. The Labute approximate surface area is 180 Å². The average molecular weight is 425 g/mol. The van der Waals surface area contributed by atoms with Crippen molar-refractivity contribution in [2.75, 3.05) is 13.2 Å². The number of rotatable bonds is 13. The van der Waals surface area contributed by atoms with E-state index in [2.05, 4.69) is 15.6 Å². The van der Waals surface area contributed by atoms with Gasteiger partial charge in [-0.1, -0.05) is 32.9 Å². The zero-order chi connectivity index (χ0) is 22.9. The predicted octanol–water partition coefficient (Wildman–Crippen LogP) is 2.64. The third-order valence-corrected chi connectivity index (χ3v) is 5.33. The standard InChI is InChI=1S/C21H38N5O4/c1-8-16(3)26(29)20(28)15(2)13-21(6,7)19-14-25(24-23-19)11-12-30-17(4)9-10-22-18(5)27/h14-17H,8-13H2,1-7H3,(H,22,27)/q-1. The molecule has 0 aliphatic rings. The number of hydrogen-bond acceptors (Lipinski definition) is 6. The topological polar surface area (TPSA) is 112 Å². The Morgan fingerprint density at radius 3 is 2.60 bits per heavy atom. The van der Waals surface area contributed by atoms with Gasteiger partial charge in [0, 0.05) is 37.0 Å². The largest absolute Gasteiger partial charge is 0.756 e. The highest BCUT2D eigenvalue weighted by Gasteiger charge is 2.30. The van der Waals surface area contributed by atoms with Crippen LogP contribution in [-0.4, -0.2) is 57.2 Å². The van der Waals surface area contributed by atoms with E-state index in [1.54, 1.807) is 18.5 Å². The minimum absolute atomic E-state index is 0.0312. The van der Waals surface area contributed by atoms with Crippen molar-refractivity contribution in [1.82, 2.24) is 25.4 Å². The molecule has 0 radical (unpaired) electrons. The molecule has 30 heavy (non-hydrogen) atoms. The molecule has 1 N–H and O–H groups in total. The van der Waals surface area contributed by atoms with Crippen LogP contribution >= 0.6 is 0 Å². The van der Waals surface area contributed by atoms with Gasteiger partial charge in [-0.25, -0.2) is 4.68 Å². The summed E-state index contributed by atoms with van der Waals surface area (Å²) in [6.45, 7) is 14.5. The number of nitrogens with zero attached hydrogens (tertiary/aromatic N) is 4. The number of carbonyl (C=O) groups excluding carboxylic acids is 2. The summed E-state index contributed by atoms with van der Waals surface area (Å²) < 4.78 is 7.48. The maximum absolute atomic E-state index is 12.4. The Morgan fingerprint density at radius 2 is 2.00 bits per heavy atom. The van der Waals surface area contributed by atoms with Gasteiger partial charge in [0.2, 0.25) is 11.8 Å². The quantitative estimate of drug-likeness (QED) is 0.487. The molecular formula is C21H38N5O4-. The fourth-order valence-corrected chi connectivity index (χ4v) is 3.16. The van der Waals surface area contributed by atoms with Crippen LogP contribution in [0.25, 0.3) is 0 Å². The van der Waals surface area contributed by atoms with E-state index in [9.17, 15) is 14.8 Å². The highest BCUT2D eigenvalue weighted by Crippen LogP contribution is 2.30. The molecule has 0 aliphatic heterocycles. The van der Waals surface area contributed by atoms with Gasteiger partial charge in [-0.2, -0.15) is 0 Å². The van der Waals surface area contributed by atoms with E-state index in [-0.39, 0.29) is 24.0 Å². The molecule has 1 rings (SSSR count). The number of hydrogen-bond donors (Lipinski definition) is 1.